The zero-order valence-corrected chi connectivity index (χ0v) is 20.6. The molecule has 0 bridgehead atoms. The van der Waals surface area contributed by atoms with Gasteiger partial charge in [0.05, 0.1) is 30.3 Å². The molecule has 0 amide bonds. The number of nitrogens with zero attached hydrogens (tertiary/aromatic N) is 4. The van der Waals surface area contributed by atoms with Gasteiger partial charge in [-0.15, -0.1) is 0 Å². The highest BCUT2D eigenvalue weighted by atomic mass is 16.5. The number of pyridine rings is 2. The first-order chi connectivity index (χ1) is 17.1. The number of ether oxygens (including phenoxy) is 2. The Morgan fingerprint density at radius 2 is 1.63 bits per heavy atom. The van der Waals surface area contributed by atoms with Gasteiger partial charge in [0.2, 0.25) is 0 Å². The van der Waals surface area contributed by atoms with E-state index in [1.807, 2.05) is 48.7 Å². The third-order valence-corrected chi connectivity index (χ3v) is 6.35. The predicted molar refractivity (Wildman–Crippen MR) is 138 cm³/mol. The highest BCUT2D eigenvalue weighted by molar-refractivity contribution is 5.79. The van der Waals surface area contributed by atoms with Crippen LogP contribution in [0.25, 0.3) is 34.2 Å². The molecule has 1 aromatic carbocycles. The van der Waals surface area contributed by atoms with Crippen LogP contribution in [0, 0.1) is 5.92 Å². The van der Waals surface area contributed by atoms with Crippen molar-refractivity contribution < 1.29 is 9.47 Å². The molecule has 6 heteroatoms. The molecule has 3 aromatic heterocycles. The lowest BCUT2D eigenvalue weighted by atomic mass is 10.1. The molecule has 1 aliphatic carbocycles. The third-order valence-electron chi connectivity index (χ3n) is 6.35. The second-order valence-corrected chi connectivity index (χ2v) is 9.46. The summed E-state index contributed by atoms with van der Waals surface area (Å²) in [6.07, 6.45) is 8.47. The number of rotatable bonds is 8. The van der Waals surface area contributed by atoms with E-state index in [1.165, 1.54) is 12.8 Å². The van der Waals surface area contributed by atoms with E-state index in [1.54, 1.807) is 13.3 Å². The van der Waals surface area contributed by atoms with Gasteiger partial charge in [0, 0.05) is 24.5 Å². The van der Waals surface area contributed by atoms with Gasteiger partial charge in [0.25, 0.3) is 0 Å². The van der Waals surface area contributed by atoms with Crippen molar-refractivity contribution in [3.8, 4) is 45.7 Å². The Labute approximate surface area is 207 Å². The topological polar surface area (TPSA) is 62.1 Å². The van der Waals surface area contributed by atoms with Crippen molar-refractivity contribution in [1.82, 2.24) is 19.5 Å². The number of hydrogen-bond acceptors (Lipinski definition) is 5. The van der Waals surface area contributed by atoms with Crippen molar-refractivity contribution in [1.29, 1.82) is 0 Å². The summed E-state index contributed by atoms with van der Waals surface area (Å²) in [4.78, 5) is 14.5. The number of methoxy groups -OCH3 is 1. The van der Waals surface area contributed by atoms with Gasteiger partial charge in [-0.2, -0.15) is 0 Å². The number of imidazole rings is 1. The fraction of sp³-hybridized carbons (Fsp3) is 0.345. The molecule has 1 fully saturated rings. The first-order valence-corrected chi connectivity index (χ1v) is 12.4. The van der Waals surface area contributed by atoms with Crippen molar-refractivity contribution in [2.75, 3.05) is 7.11 Å². The lowest BCUT2D eigenvalue weighted by Gasteiger charge is -2.18. The highest BCUT2D eigenvalue weighted by Gasteiger charge is 2.25. The lowest BCUT2D eigenvalue weighted by molar-refractivity contribution is 0.201. The number of benzene rings is 1. The largest absolute Gasteiger partial charge is 0.493 e. The second kappa shape index (κ2) is 10.3. The molecular weight excluding hydrogens is 436 g/mol. The minimum absolute atomic E-state index is 0.239. The standard InChI is InChI=1S/C29H32N4O2/c1-20(2)19-33-28(24-13-7-9-17-31-24)27(23-12-6-8-16-30-23)32-29(33)21-14-15-25(34-3)26(18-21)35-22-10-4-5-11-22/h6-9,12-18,20,22H,4-5,10-11,19H2,1-3H3. The molecule has 180 valence electrons. The third kappa shape index (κ3) is 4.92. The summed E-state index contributed by atoms with van der Waals surface area (Å²) in [7, 11) is 1.69. The monoisotopic (exact) mass is 468 g/mol. The van der Waals surface area contributed by atoms with Crippen molar-refractivity contribution in [2.24, 2.45) is 5.92 Å². The smallest absolute Gasteiger partial charge is 0.162 e. The minimum Gasteiger partial charge on any atom is -0.493 e. The molecule has 3 heterocycles. The predicted octanol–water partition coefficient (Wildman–Crippen LogP) is 6.66. The molecule has 4 aromatic rings. The number of hydrogen-bond donors (Lipinski definition) is 0. The van der Waals surface area contributed by atoms with Crippen LogP contribution in [-0.2, 0) is 6.54 Å². The first kappa shape index (κ1) is 23.1. The summed E-state index contributed by atoms with van der Waals surface area (Å²) in [5.74, 6) is 2.81. The van der Waals surface area contributed by atoms with E-state index >= 15 is 0 Å². The van der Waals surface area contributed by atoms with Crippen LogP contribution >= 0.6 is 0 Å². The fourth-order valence-electron chi connectivity index (χ4n) is 4.75. The summed E-state index contributed by atoms with van der Waals surface area (Å²) in [5.41, 5.74) is 4.49. The van der Waals surface area contributed by atoms with Crippen LogP contribution in [0.1, 0.15) is 39.5 Å². The van der Waals surface area contributed by atoms with Crippen molar-refractivity contribution in [3.05, 3.63) is 67.0 Å². The molecule has 35 heavy (non-hydrogen) atoms. The van der Waals surface area contributed by atoms with Gasteiger partial charge in [0.1, 0.15) is 11.5 Å². The normalized spacial score (nSPS) is 13.9. The summed E-state index contributed by atoms with van der Waals surface area (Å²) < 4.78 is 14.3. The summed E-state index contributed by atoms with van der Waals surface area (Å²) in [6.45, 7) is 5.23. The van der Waals surface area contributed by atoms with Crippen LogP contribution < -0.4 is 9.47 Å². The molecule has 0 unspecified atom stereocenters. The molecular formula is C29H32N4O2. The van der Waals surface area contributed by atoms with Crippen LogP contribution in [0.4, 0.5) is 0 Å². The average molecular weight is 469 g/mol. The van der Waals surface area contributed by atoms with E-state index in [0.29, 0.717) is 5.92 Å². The second-order valence-electron chi connectivity index (χ2n) is 9.46. The molecule has 0 N–H and O–H groups in total. The Kier molecular flexibility index (Phi) is 6.80. The minimum atomic E-state index is 0.239. The van der Waals surface area contributed by atoms with E-state index in [4.69, 9.17) is 19.4 Å². The van der Waals surface area contributed by atoms with Gasteiger partial charge >= 0.3 is 0 Å². The van der Waals surface area contributed by atoms with E-state index in [-0.39, 0.29) is 6.10 Å². The Morgan fingerprint density at radius 3 is 2.26 bits per heavy atom. The van der Waals surface area contributed by atoms with Crippen molar-refractivity contribution in [2.45, 2.75) is 52.2 Å². The van der Waals surface area contributed by atoms with Crippen molar-refractivity contribution >= 4 is 0 Å². The van der Waals surface area contributed by atoms with Gasteiger partial charge in [0.15, 0.2) is 11.5 Å². The summed E-state index contributed by atoms with van der Waals surface area (Å²) >= 11 is 0. The van der Waals surface area contributed by atoms with Gasteiger partial charge in [-0.25, -0.2) is 4.98 Å². The lowest BCUT2D eigenvalue weighted by Crippen LogP contribution is -2.12. The molecule has 6 nitrogen and oxygen atoms in total. The number of aromatic nitrogens is 4. The van der Waals surface area contributed by atoms with E-state index in [0.717, 1.165) is 65.0 Å². The molecule has 0 radical (unpaired) electrons. The maximum absolute atomic E-state index is 6.40. The molecule has 5 rings (SSSR count). The van der Waals surface area contributed by atoms with Crippen LogP contribution in [-0.4, -0.2) is 32.7 Å². The van der Waals surface area contributed by atoms with E-state index < -0.39 is 0 Å². The maximum Gasteiger partial charge on any atom is 0.162 e. The quantitative estimate of drug-likeness (QED) is 0.289. The first-order valence-electron chi connectivity index (χ1n) is 12.4. The van der Waals surface area contributed by atoms with E-state index in [9.17, 15) is 0 Å². The summed E-state index contributed by atoms with van der Waals surface area (Å²) in [6, 6.07) is 18.0. The van der Waals surface area contributed by atoms with Crippen LogP contribution in [0.5, 0.6) is 11.5 Å². The summed E-state index contributed by atoms with van der Waals surface area (Å²) in [5, 5.41) is 0. The molecule has 0 aliphatic heterocycles. The average Bonchev–Trinajstić information content (AvgIpc) is 3.53. The fourth-order valence-corrected chi connectivity index (χ4v) is 4.75. The Morgan fingerprint density at radius 1 is 0.914 bits per heavy atom. The van der Waals surface area contributed by atoms with Gasteiger partial charge < -0.3 is 14.0 Å². The molecule has 0 atom stereocenters. The van der Waals surface area contributed by atoms with Crippen molar-refractivity contribution in [3.63, 3.8) is 0 Å². The zero-order valence-electron chi connectivity index (χ0n) is 20.6. The zero-order chi connectivity index (χ0) is 24.2. The van der Waals surface area contributed by atoms with Crippen LogP contribution in [0.3, 0.4) is 0 Å². The Balaban J connectivity index is 1.69. The van der Waals surface area contributed by atoms with Gasteiger partial charge in [-0.3, -0.25) is 9.97 Å². The molecule has 1 saturated carbocycles. The maximum atomic E-state index is 6.40. The Hall–Kier alpha value is -3.67. The Bertz CT molecular complexity index is 1260. The molecule has 1 aliphatic rings. The van der Waals surface area contributed by atoms with Gasteiger partial charge in [-0.1, -0.05) is 26.0 Å². The van der Waals surface area contributed by atoms with Crippen LogP contribution in [0.15, 0.2) is 67.0 Å². The molecule has 0 saturated heterocycles. The highest BCUT2D eigenvalue weighted by Crippen LogP contribution is 2.39. The SMILES string of the molecule is COc1ccc(-c2nc(-c3ccccn3)c(-c3ccccn3)n2CC(C)C)cc1OC1CCCC1. The molecule has 0 spiro atoms. The van der Waals surface area contributed by atoms with Crippen LogP contribution in [0.2, 0.25) is 0 Å². The van der Waals surface area contributed by atoms with E-state index in [2.05, 4.69) is 35.5 Å². The van der Waals surface area contributed by atoms with Gasteiger partial charge in [-0.05, 0) is 74.1 Å².